The maximum absolute atomic E-state index is 5.63. The van der Waals surface area contributed by atoms with Gasteiger partial charge in [-0.05, 0) is 26.0 Å². The van der Waals surface area contributed by atoms with Crippen LogP contribution in [0.3, 0.4) is 0 Å². The Morgan fingerprint density at radius 1 is 1.35 bits per heavy atom. The lowest BCUT2D eigenvalue weighted by molar-refractivity contribution is 0.416. The molecule has 0 aliphatic heterocycles. The lowest BCUT2D eigenvalue weighted by atomic mass is 10.1. The highest BCUT2D eigenvalue weighted by Crippen LogP contribution is 2.36. The first-order valence-electron chi connectivity index (χ1n) is 5.47. The average Bonchev–Trinajstić information content (AvgIpc) is 2.70. The van der Waals surface area contributed by atoms with Gasteiger partial charge in [0.25, 0.3) is 0 Å². The number of nitrogens with two attached hydrogens (primary N) is 1. The number of methoxy groups -OCH3 is 1. The van der Waals surface area contributed by atoms with E-state index >= 15 is 0 Å². The zero-order valence-electron chi connectivity index (χ0n) is 10.3. The minimum Gasteiger partial charge on any atom is -0.496 e. The van der Waals surface area contributed by atoms with E-state index < -0.39 is 0 Å². The monoisotopic (exact) mass is 248 g/mol. The zero-order chi connectivity index (χ0) is 12.4. The third-order valence-electron chi connectivity index (χ3n) is 2.62. The van der Waals surface area contributed by atoms with Crippen LogP contribution in [0.4, 0.5) is 0 Å². The van der Waals surface area contributed by atoms with Crippen molar-refractivity contribution in [2.45, 2.75) is 20.4 Å². The van der Waals surface area contributed by atoms with Gasteiger partial charge in [0.2, 0.25) is 0 Å². The molecule has 1 heterocycles. The van der Waals surface area contributed by atoms with Crippen molar-refractivity contribution in [3.63, 3.8) is 0 Å². The van der Waals surface area contributed by atoms with E-state index in [0.29, 0.717) is 6.54 Å². The highest BCUT2D eigenvalue weighted by Gasteiger charge is 2.13. The number of aryl methyl sites for hydroxylation is 2. The highest BCUT2D eigenvalue weighted by atomic mass is 32.1. The second kappa shape index (κ2) is 4.85. The van der Waals surface area contributed by atoms with Gasteiger partial charge in [0.05, 0.1) is 17.7 Å². The topological polar surface area (TPSA) is 48.1 Å². The van der Waals surface area contributed by atoms with Crippen LogP contribution in [0.1, 0.15) is 16.3 Å². The van der Waals surface area contributed by atoms with Crippen molar-refractivity contribution in [1.82, 2.24) is 4.98 Å². The van der Waals surface area contributed by atoms with Gasteiger partial charge in [0.15, 0.2) is 0 Å². The number of ether oxygens (including phenoxy) is 1. The summed E-state index contributed by atoms with van der Waals surface area (Å²) in [5.41, 5.74) is 8.95. The standard InChI is InChI=1S/C13H16N2OS/c1-8-4-5-11(16-3)10(6-8)13-9(2)15-12(7-14)17-13/h4-6H,7,14H2,1-3H3. The second-order valence-electron chi connectivity index (χ2n) is 3.93. The molecule has 2 rings (SSSR count). The predicted octanol–water partition coefficient (Wildman–Crippen LogP) is 2.89. The fourth-order valence-corrected chi connectivity index (χ4v) is 2.75. The summed E-state index contributed by atoms with van der Waals surface area (Å²) in [6.07, 6.45) is 0. The number of aromatic nitrogens is 1. The molecule has 0 spiro atoms. The Morgan fingerprint density at radius 3 is 2.71 bits per heavy atom. The Kier molecular flexibility index (Phi) is 3.45. The van der Waals surface area contributed by atoms with Crippen LogP contribution >= 0.6 is 11.3 Å². The minimum absolute atomic E-state index is 0.486. The molecule has 2 N–H and O–H groups in total. The average molecular weight is 248 g/mol. The van der Waals surface area contributed by atoms with Gasteiger partial charge >= 0.3 is 0 Å². The fraction of sp³-hybridized carbons (Fsp3) is 0.308. The SMILES string of the molecule is COc1ccc(C)cc1-c1sc(CN)nc1C. The summed E-state index contributed by atoms with van der Waals surface area (Å²) < 4.78 is 5.40. The van der Waals surface area contributed by atoms with Crippen LogP contribution in [-0.4, -0.2) is 12.1 Å². The third kappa shape index (κ3) is 2.33. The predicted molar refractivity (Wildman–Crippen MR) is 71.5 cm³/mol. The zero-order valence-corrected chi connectivity index (χ0v) is 11.1. The van der Waals surface area contributed by atoms with E-state index in [-0.39, 0.29) is 0 Å². The Labute approximate surface area is 105 Å². The molecule has 0 aliphatic carbocycles. The molecule has 0 unspecified atom stereocenters. The number of thiazole rings is 1. The van der Waals surface area contributed by atoms with Gasteiger partial charge < -0.3 is 10.5 Å². The van der Waals surface area contributed by atoms with E-state index in [1.807, 2.05) is 19.1 Å². The molecule has 90 valence electrons. The van der Waals surface area contributed by atoms with Crippen molar-refractivity contribution in [3.8, 4) is 16.2 Å². The van der Waals surface area contributed by atoms with Crippen LogP contribution < -0.4 is 10.5 Å². The molecular formula is C13H16N2OS. The van der Waals surface area contributed by atoms with Crippen molar-refractivity contribution in [2.24, 2.45) is 5.73 Å². The molecule has 1 aromatic heterocycles. The molecule has 0 aliphatic rings. The first kappa shape index (κ1) is 12.1. The van der Waals surface area contributed by atoms with Crippen molar-refractivity contribution in [2.75, 3.05) is 7.11 Å². The highest BCUT2D eigenvalue weighted by molar-refractivity contribution is 7.15. The molecule has 0 fully saturated rings. The molecule has 0 radical (unpaired) electrons. The first-order valence-corrected chi connectivity index (χ1v) is 6.28. The van der Waals surface area contributed by atoms with Gasteiger partial charge in [-0.15, -0.1) is 11.3 Å². The van der Waals surface area contributed by atoms with E-state index in [9.17, 15) is 0 Å². The van der Waals surface area contributed by atoms with E-state index in [0.717, 1.165) is 26.9 Å². The Balaban J connectivity index is 2.58. The van der Waals surface area contributed by atoms with Crippen LogP contribution in [-0.2, 0) is 6.54 Å². The number of rotatable bonds is 3. The molecule has 0 saturated heterocycles. The van der Waals surface area contributed by atoms with Crippen molar-refractivity contribution < 1.29 is 4.74 Å². The Morgan fingerprint density at radius 2 is 2.12 bits per heavy atom. The smallest absolute Gasteiger partial charge is 0.127 e. The Bertz CT molecular complexity index is 534. The molecule has 4 heteroatoms. The molecule has 17 heavy (non-hydrogen) atoms. The first-order chi connectivity index (χ1) is 8.15. The summed E-state index contributed by atoms with van der Waals surface area (Å²) in [6.45, 7) is 4.57. The van der Waals surface area contributed by atoms with Crippen LogP contribution in [0.5, 0.6) is 5.75 Å². The summed E-state index contributed by atoms with van der Waals surface area (Å²) in [6, 6.07) is 6.16. The molecule has 0 amide bonds. The number of benzene rings is 1. The molecule has 0 atom stereocenters. The van der Waals surface area contributed by atoms with E-state index in [1.165, 1.54) is 5.56 Å². The molecule has 1 aromatic carbocycles. The molecule has 0 saturated carbocycles. The lowest BCUT2D eigenvalue weighted by Crippen LogP contribution is -1.94. The van der Waals surface area contributed by atoms with Crippen LogP contribution in [0.15, 0.2) is 18.2 Å². The second-order valence-corrected chi connectivity index (χ2v) is 5.01. The van der Waals surface area contributed by atoms with E-state index in [2.05, 4.69) is 18.0 Å². The summed E-state index contributed by atoms with van der Waals surface area (Å²) in [5, 5.41) is 0.959. The molecule has 3 nitrogen and oxygen atoms in total. The number of nitrogens with zero attached hydrogens (tertiary/aromatic N) is 1. The van der Waals surface area contributed by atoms with Gasteiger partial charge in [-0.25, -0.2) is 4.98 Å². The lowest BCUT2D eigenvalue weighted by Gasteiger charge is -2.08. The van der Waals surface area contributed by atoms with Crippen molar-refractivity contribution in [1.29, 1.82) is 0 Å². The summed E-state index contributed by atoms with van der Waals surface area (Å²) in [5.74, 6) is 0.880. The van der Waals surface area contributed by atoms with Crippen LogP contribution in [0.2, 0.25) is 0 Å². The number of hydrogen-bond acceptors (Lipinski definition) is 4. The van der Waals surface area contributed by atoms with Gasteiger partial charge in [-0.1, -0.05) is 11.6 Å². The third-order valence-corrected chi connectivity index (χ3v) is 3.83. The van der Waals surface area contributed by atoms with E-state index in [4.69, 9.17) is 10.5 Å². The largest absolute Gasteiger partial charge is 0.496 e. The van der Waals surface area contributed by atoms with Gasteiger partial charge in [0, 0.05) is 12.1 Å². The van der Waals surface area contributed by atoms with Crippen LogP contribution in [0, 0.1) is 13.8 Å². The summed E-state index contributed by atoms with van der Waals surface area (Å²) in [4.78, 5) is 5.59. The molecular weight excluding hydrogens is 232 g/mol. The van der Waals surface area contributed by atoms with E-state index in [1.54, 1.807) is 18.4 Å². The fourth-order valence-electron chi connectivity index (χ4n) is 1.79. The quantitative estimate of drug-likeness (QED) is 0.908. The van der Waals surface area contributed by atoms with Crippen LogP contribution in [0.25, 0.3) is 10.4 Å². The maximum atomic E-state index is 5.63. The Hall–Kier alpha value is -1.39. The minimum atomic E-state index is 0.486. The molecule has 2 aromatic rings. The van der Waals surface area contributed by atoms with Gasteiger partial charge in [0.1, 0.15) is 10.8 Å². The maximum Gasteiger partial charge on any atom is 0.127 e. The summed E-state index contributed by atoms with van der Waals surface area (Å²) in [7, 11) is 1.69. The normalized spacial score (nSPS) is 10.6. The summed E-state index contributed by atoms with van der Waals surface area (Å²) >= 11 is 1.63. The van der Waals surface area contributed by atoms with Gasteiger partial charge in [-0.2, -0.15) is 0 Å². The van der Waals surface area contributed by atoms with Crippen molar-refractivity contribution in [3.05, 3.63) is 34.5 Å². The van der Waals surface area contributed by atoms with Crippen molar-refractivity contribution >= 4 is 11.3 Å². The molecule has 0 bridgehead atoms. The number of hydrogen-bond donors (Lipinski definition) is 1. The van der Waals surface area contributed by atoms with Gasteiger partial charge in [-0.3, -0.25) is 0 Å².